The van der Waals surface area contributed by atoms with E-state index in [1.54, 1.807) is 0 Å². The number of likely N-dealkylation sites (N-methyl/N-ethyl adjacent to an activating group) is 1. The number of aliphatic carboxylic acids is 1. The van der Waals surface area contributed by atoms with Crippen LogP contribution in [0.4, 0.5) is 0 Å². The molecule has 1 aliphatic rings. The van der Waals surface area contributed by atoms with E-state index in [4.69, 9.17) is 5.11 Å². The zero-order chi connectivity index (χ0) is 21.1. The number of carboxylic acids is 1. The smallest absolute Gasteiger partial charge is 0.317 e. The molecule has 0 radical (unpaired) electrons. The lowest BCUT2D eigenvalue weighted by Crippen LogP contribution is -2.54. The Labute approximate surface area is 172 Å². The maximum Gasteiger partial charge on any atom is 0.317 e. The van der Waals surface area contributed by atoms with Crippen LogP contribution in [0.3, 0.4) is 0 Å². The Balaban J connectivity index is 1.65. The molecule has 1 heterocycles. The molecule has 0 bridgehead atoms. The van der Waals surface area contributed by atoms with E-state index in [0.29, 0.717) is 12.1 Å². The van der Waals surface area contributed by atoms with Gasteiger partial charge in [-0.1, -0.05) is 37.3 Å². The van der Waals surface area contributed by atoms with Gasteiger partial charge in [-0.15, -0.1) is 0 Å². The Bertz CT molecular complexity index is 869. The van der Waals surface area contributed by atoms with Crippen molar-refractivity contribution >= 4 is 11.9 Å². The van der Waals surface area contributed by atoms with Crippen LogP contribution in [-0.2, 0) is 4.79 Å². The summed E-state index contributed by atoms with van der Waals surface area (Å²) in [7, 11) is 0. The molecule has 6 nitrogen and oxygen atoms in total. The van der Waals surface area contributed by atoms with Gasteiger partial charge in [0, 0.05) is 23.5 Å². The Morgan fingerprint density at radius 3 is 2.48 bits per heavy atom. The molecule has 1 unspecified atom stereocenters. The van der Waals surface area contributed by atoms with Crippen molar-refractivity contribution in [2.24, 2.45) is 0 Å². The SMILES string of the molecule is CCN(CC(=O)O)C1CC(NC(=O)c2cc(C)n(C(C)c3ccccc3)c2C)C1. The van der Waals surface area contributed by atoms with Gasteiger partial charge >= 0.3 is 5.97 Å². The van der Waals surface area contributed by atoms with Crippen molar-refractivity contribution in [3.05, 3.63) is 58.9 Å². The molecular weight excluding hydrogens is 366 g/mol. The van der Waals surface area contributed by atoms with Gasteiger partial charge in [-0.3, -0.25) is 14.5 Å². The maximum absolute atomic E-state index is 12.9. The molecule has 156 valence electrons. The average molecular weight is 398 g/mol. The first-order valence-corrected chi connectivity index (χ1v) is 10.3. The topological polar surface area (TPSA) is 74.6 Å². The van der Waals surface area contributed by atoms with Crippen LogP contribution in [0.5, 0.6) is 0 Å². The summed E-state index contributed by atoms with van der Waals surface area (Å²) < 4.78 is 2.21. The number of carbonyl (C=O) groups is 2. The minimum absolute atomic E-state index is 0.0469. The van der Waals surface area contributed by atoms with E-state index in [2.05, 4.69) is 28.9 Å². The third-order valence-electron chi connectivity index (χ3n) is 6.11. The minimum Gasteiger partial charge on any atom is -0.480 e. The molecule has 1 aliphatic carbocycles. The van der Waals surface area contributed by atoms with E-state index < -0.39 is 5.97 Å². The molecule has 29 heavy (non-hydrogen) atoms. The Hall–Kier alpha value is -2.60. The van der Waals surface area contributed by atoms with Crippen molar-refractivity contribution in [2.75, 3.05) is 13.1 Å². The van der Waals surface area contributed by atoms with Crippen LogP contribution in [0.25, 0.3) is 0 Å². The molecule has 0 saturated heterocycles. The van der Waals surface area contributed by atoms with E-state index in [9.17, 15) is 9.59 Å². The third-order valence-corrected chi connectivity index (χ3v) is 6.11. The average Bonchev–Trinajstić information content (AvgIpc) is 2.96. The number of nitrogens with one attached hydrogen (secondary N) is 1. The summed E-state index contributed by atoms with van der Waals surface area (Å²) in [6, 6.07) is 12.7. The first-order valence-electron chi connectivity index (χ1n) is 10.3. The van der Waals surface area contributed by atoms with Crippen LogP contribution in [0.2, 0.25) is 0 Å². The van der Waals surface area contributed by atoms with Crippen molar-refractivity contribution in [1.29, 1.82) is 0 Å². The first-order chi connectivity index (χ1) is 13.8. The third kappa shape index (κ3) is 4.53. The van der Waals surface area contributed by atoms with E-state index >= 15 is 0 Å². The predicted molar refractivity (Wildman–Crippen MR) is 113 cm³/mol. The van der Waals surface area contributed by atoms with Crippen molar-refractivity contribution in [3.63, 3.8) is 0 Å². The normalized spacial score (nSPS) is 19.6. The van der Waals surface area contributed by atoms with Gasteiger partial charge in [0.25, 0.3) is 5.91 Å². The lowest BCUT2D eigenvalue weighted by molar-refractivity contribution is -0.139. The summed E-state index contributed by atoms with van der Waals surface area (Å²) in [6.45, 7) is 8.91. The summed E-state index contributed by atoms with van der Waals surface area (Å²) in [5.41, 5.74) is 3.95. The fraction of sp³-hybridized carbons (Fsp3) is 0.478. The van der Waals surface area contributed by atoms with Gasteiger partial charge in [-0.05, 0) is 51.8 Å². The van der Waals surface area contributed by atoms with Crippen LogP contribution < -0.4 is 5.32 Å². The molecule has 1 aromatic heterocycles. The number of hydrogen-bond donors (Lipinski definition) is 2. The Kier molecular flexibility index (Phi) is 6.42. The van der Waals surface area contributed by atoms with Crippen molar-refractivity contribution in [3.8, 4) is 0 Å². The fourth-order valence-corrected chi connectivity index (χ4v) is 4.42. The number of carbonyl (C=O) groups excluding carboxylic acids is 1. The molecule has 2 aromatic rings. The number of carboxylic acid groups (broad SMARTS) is 1. The number of hydrogen-bond acceptors (Lipinski definition) is 3. The second kappa shape index (κ2) is 8.82. The van der Waals surface area contributed by atoms with E-state index in [1.807, 2.05) is 49.9 Å². The van der Waals surface area contributed by atoms with Crippen LogP contribution in [0.1, 0.15) is 60.0 Å². The number of aryl methyl sites for hydroxylation is 1. The predicted octanol–water partition coefficient (Wildman–Crippen LogP) is 3.38. The van der Waals surface area contributed by atoms with Crippen LogP contribution in [-0.4, -0.2) is 51.6 Å². The van der Waals surface area contributed by atoms with Gasteiger partial charge in [-0.2, -0.15) is 0 Å². The van der Waals surface area contributed by atoms with Gasteiger partial charge in [-0.25, -0.2) is 0 Å². The molecule has 1 atom stereocenters. The van der Waals surface area contributed by atoms with E-state index in [1.165, 1.54) is 5.56 Å². The summed E-state index contributed by atoms with van der Waals surface area (Å²) in [4.78, 5) is 25.8. The Morgan fingerprint density at radius 1 is 1.24 bits per heavy atom. The van der Waals surface area contributed by atoms with Gasteiger partial charge in [0.15, 0.2) is 0 Å². The molecule has 1 amide bonds. The van der Waals surface area contributed by atoms with Gasteiger partial charge in [0.1, 0.15) is 0 Å². The Morgan fingerprint density at radius 2 is 1.90 bits per heavy atom. The molecule has 0 aliphatic heterocycles. The van der Waals surface area contributed by atoms with E-state index in [-0.39, 0.29) is 30.6 Å². The highest BCUT2D eigenvalue weighted by atomic mass is 16.4. The zero-order valence-electron chi connectivity index (χ0n) is 17.7. The molecule has 6 heteroatoms. The van der Waals surface area contributed by atoms with Gasteiger partial charge in [0.2, 0.25) is 0 Å². The van der Waals surface area contributed by atoms with Crippen LogP contribution in [0.15, 0.2) is 36.4 Å². The summed E-state index contributed by atoms with van der Waals surface area (Å²) in [6.07, 6.45) is 1.60. The highest BCUT2D eigenvalue weighted by molar-refractivity contribution is 5.96. The number of rotatable bonds is 8. The second-order valence-electron chi connectivity index (χ2n) is 7.99. The monoisotopic (exact) mass is 397 g/mol. The van der Waals surface area contributed by atoms with Crippen LogP contribution in [0, 0.1) is 13.8 Å². The zero-order valence-corrected chi connectivity index (χ0v) is 17.7. The molecule has 1 saturated carbocycles. The number of amides is 1. The van der Waals surface area contributed by atoms with Gasteiger partial charge < -0.3 is 15.0 Å². The summed E-state index contributed by atoms with van der Waals surface area (Å²) in [5.74, 6) is -0.853. The minimum atomic E-state index is -0.806. The largest absolute Gasteiger partial charge is 0.480 e. The highest BCUT2D eigenvalue weighted by Gasteiger charge is 2.35. The summed E-state index contributed by atoms with van der Waals surface area (Å²) >= 11 is 0. The lowest BCUT2D eigenvalue weighted by Gasteiger charge is -2.42. The number of benzene rings is 1. The van der Waals surface area contributed by atoms with E-state index in [0.717, 1.165) is 24.2 Å². The molecule has 2 N–H and O–H groups in total. The number of nitrogens with zero attached hydrogens (tertiary/aromatic N) is 2. The fourth-order valence-electron chi connectivity index (χ4n) is 4.42. The highest BCUT2D eigenvalue weighted by Crippen LogP contribution is 2.28. The van der Waals surface area contributed by atoms with Crippen molar-refractivity contribution in [1.82, 2.24) is 14.8 Å². The standard InChI is InChI=1S/C23H31N3O3/c1-5-25(14-22(27)28)20-12-19(13-20)24-23(29)21-11-15(2)26(17(21)4)16(3)18-9-7-6-8-10-18/h6-11,16,19-20H,5,12-14H2,1-4H3,(H,24,29)(H,27,28). The van der Waals surface area contributed by atoms with Crippen molar-refractivity contribution < 1.29 is 14.7 Å². The molecule has 1 fully saturated rings. The van der Waals surface area contributed by atoms with Crippen molar-refractivity contribution in [2.45, 2.75) is 58.7 Å². The molecule has 1 aromatic carbocycles. The molecular formula is C23H31N3O3. The summed E-state index contributed by atoms with van der Waals surface area (Å²) in [5, 5.41) is 12.1. The molecule has 0 spiro atoms. The quantitative estimate of drug-likeness (QED) is 0.716. The van der Waals surface area contributed by atoms with Crippen LogP contribution >= 0.6 is 0 Å². The maximum atomic E-state index is 12.9. The second-order valence-corrected chi connectivity index (χ2v) is 7.99. The lowest BCUT2D eigenvalue weighted by atomic mass is 9.85. The first kappa shape index (κ1) is 21.1. The molecule has 3 rings (SSSR count). The number of aromatic nitrogens is 1. The van der Waals surface area contributed by atoms with Gasteiger partial charge in [0.05, 0.1) is 18.2 Å².